The maximum atomic E-state index is 11.9. The Morgan fingerprint density at radius 1 is 1.37 bits per heavy atom. The first kappa shape index (κ1) is 15.4. The molecule has 1 amide bonds. The zero-order valence-electron chi connectivity index (χ0n) is 10.3. The van der Waals surface area contributed by atoms with E-state index in [0.29, 0.717) is 16.6 Å². The first-order valence-corrected chi connectivity index (χ1v) is 9.04. The summed E-state index contributed by atoms with van der Waals surface area (Å²) in [6, 6.07) is 5.45. The molecule has 0 aliphatic carbocycles. The van der Waals surface area contributed by atoms with E-state index in [4.69, 9.17) is 23.2 Å². The van der Waals surface area contributed by atoms with Gasteiger partial charge < -0.3 is 5.32 Å². The summed E-state index contributed by atoms with van der Waals surface area (Å²) in [5.74, 6) is 3.26. The summed E-state index contributed by atoms with van der Waals surface area (Å²) in [4.78, 5) is 11.9. The first-order chi connectivity index (χ1) is 9.16. The monoisotopic (exact) mass is 335 g/mol. The average Bonchev–Trinajstić information content (AvgIpc) is 2.42. The fraction of sp³-hybridized carbons (Fsp3) is 0.462. The Labute approximate surface area is 132 Å². The molecule has 1 aromatic rings. The predicted molar refractivity (Wildman–Crippen MR) is 86.7 cm³/mol. The highest BCUT2D eigenvalue weighted by Gasteiger charge is 2.21. The number of amides is 1. The molecule has 0 saturated carbocycles. The number of rotatable bonds is 4. The lowest BCUT2D eigenvalue weighted by Gasteiger charge is -2.20. The highest BCUT2D eigenvalue weighted by atomic mass is 35.5. The van der Waals surface area contributed by atoms with Gasteiger partial charge in [-0.25, -0.2) is 0 Å². The summed E-state index contributed by atoms with van der Waals surface area (Å²) >= 11 is 15.5. The Morgan fingerprint density at radius 2 is 2.21 bits per heavy atom. The molecule has 104 valence electrons. The minimum absolute atomic E-state index is 0.0967. The predicted octanol–water partition coefficient (Wildman–Crippen LogP) is 3.50. The van der Waals surface area contributed by atoms with Crippen LogP contribution in [0.3, 0.4) is 0 Å². The summed E-state index contributed by atoms with van der Waals surface area (Å²) in [5, 5.41) is 4.36. The van der Waals surface area contributed by atoms with E-state index in [9.17, 15) is 4.79 Å². The fourth-order valence-corrected chi connectivity index (χ4v) is 4.88. The van der Waals surface area contributed by atoms with Crippen molar-refractivity contribution in [1.29, 1.82) is 0 Å². The minimum Gasteiger partial charge on any atom is -0.355 e. The normalized spacial score (nSPS) is 19.2. The van der Waals surface area contributed by atoms with Crippen molar-refractivity contribution in [3.63, 3.8) is 0 Å². The molecule has 0 aromatic heterocycles. The van der Waals surface area contributed by atoms with Crippen LogP contribution in [0.15, 0.2) is 18.2 Å². The van der Waals surface area contributed by atoms with E-state index in [0.717, 1.165) is 29.2 Å². The second-order valence-corrected chi connectivity index (χ2v) is 7.52. The van der Waals surface area contributed by atoms with E-state index in [1.807, 2.05) is 23.9 Å². The first-order valence-electron chi connectivity index (χ1n) is 6.08. The van der Waals surface area contributed by atoms with E-state index in [1.54, 1.807) is 17.8 Å². The Hall–Kier alpha value is -0.0300. The molecule has 1 fully saturated rings. The molecule has 6 heteroatoms. The molecule has 1 saturated heterocycles. The van der Waals surface area contributed by atoms with E-state index in [1.165, 1.54) is 0 Å². The van der Waals surface area contributed by atoms with Crippen molar-refractivity contribution in [3.8, 4) is 0 Å². The van der Waals surface area contributed by atoms with Gasteiger partial charge in [-0.15, -0.1) is 11.8 Å². The fourth-order valence-electron chi connectivity index (χ4n) is 1.80. The van der Waals surface area contributed by atoms with Gasteiger partial charge in [0.25, 0.3) is 0 Å². The summed E-state index contributed by atoms with van der Waals surface area (Å²) < 4.78 is 0. The van der Waals surface area contributed by atoms with Crippen molar-refractivity contribution in [2.24, 2.45) is 0 Å². The summed E-state index contributed by atoms with van der Waals surface area (Å²) in [7, 11) is 0. The van der Waals surface area contributed by atoms with Crippen LogP contribution in [0.4, 0.5) is 0 Å². The highest BCUT2D eigenvalue weighted by Crippen LogP contribution is 2.24. The molecule has 19 heavy (non-hydrogen) atoms. The molecule has 0 spiro atoms. The van der Waals surface area contributed by atoms with Crippen molar-refractivity contribution in [1.82, 2.24) is 5.32 Å². The van der Waals surface area contributed by atoms with Gasteiger partial charge in [0, 0.05) is 33.8 Å². The van der Waals surface area contributed by atoms with Gasteiger partial charge in [-0.1, -0.05) is 29.3 Å². The number of halogens is 2. The van der Waals surface area contributed by atoms with Gasteiger partial charge in [-0.05, 0) is 24.1 Å². The van der Waals surface area contributed by atoms with Crippen LogP contribution in [0.1, 0.15) is 5.56 Å². The second kappa shape index (κ2) is 7.67. The van der Waals surface area contributed by atoms with Crippen LogP contribution >= 0.6 is 46.7 Å². The number of hydrogen-bond acceptors (Lipinski definition) is 3. The van der Waals surface area contributed by atoms with Crippen LogP contribution in [0.25, 0.3) is 0 Å². The number of carbonyl (C=O) groups excluding carboxylic acids is 1. The molecule has 1 aromatic carbocycles. The van der Waals surface area contributed by atoms with Crippen LogP contribution in [-0.2, 0) is 11.2 Å². The maximum Gasteiger partial charge on any atom is 0.233 e. The van der Waals surface area contributed by atoms with Crippen molar-refractivity contribution < 1.29 is 4.79 Å². The molecule has 1 aliphatic heterocycles. The summed E-state index contributed by atoms with van der Waals surface area (Å²) in [6.07, 6.45) is 0.728. The zero-order valence-corrected chi connectivity index (χ0v) is 13.5. The van der Waals surface area contributed by atoms with Gasteiger partial charge in [0.1, 0.15) is 0 Å². The molecular formula is C13H15Cl2NOS2. The van der Waals surface area contributed by atoms with Gasteiger partial charge in [0.15, 0.2) is 0 Å². The maximum absolute atomic E-state index is 11.9. The van der Waals surface area contributed by atoms with Crippen LogP contribution in [-0.4, -0.2) is 35.0 Å². The van der Waals surface area contributed by atoms with E-state index in [2.05, 4.69) is 5.32 Å². The highest BCUT2D eigenvalue weighted by molar-refractivity contribution is 8.07. The lowest BCUT2D eigenvalue weighted by Crippen LogP contribution is -2.37. The van der Waals surface area contributed by atoms with Crippen molar-refractivity contribution in [2.45, 2.75) is 11.7 Å². The third-order valence-electron chi connectivity index (χ3n) is 2.82. The standard InChI is InChI=1S/C13H15Cl2NOS2/c14-10-2-1-9(11(15)7-10)3-4-16-13(17)12-8-18-5-6-19-12/h1-2,7,12H,3-6,8H2,(H,16,17). The third kappa shape index (κ3) is 4.78. The largest absolute Gasteiger partial charge is 0.355 e. The lowest BCUT2D eigenvalue weighted by atomic mass is 10.1. The molecule has 2 nitrogen and oxygen atoms in total. The van der Waals surface area contributed by atoms with Crippen molar-refractivity contribution in [3.05, 3.63) is 33.8 Å². The van der Waals surface area contributed by atoms with Gasteiger partial charge in [0.05, 0.1) is 5.25 Å². The molecule has 2 rings (SSSR count). The molecule has 1 aliphatic rings. The third-order valence-corrected chi connectivity index (χ3v) is 6.16. The average molecular weight is 336 g/mol. The quantitative estimate of drug-likeness (QED) is 0.912. The molecule has 1 heterocycles. The van der Waals surface area contributed by atoms with Crippen LogP contribution in [0.2, 0.25) is 10.0 Å². The van der Waals surface area contributed by atoms with Gasteiger partial charge in [-0.2, -0.15) is 11.8 Å². The van der Waals surface area contributed by atoms with E-state index >= 15 is 0 Å². The summed E-state index contributed by atoms with van der Waals surface area (Å²) in [6.45, 7) is 0.613. The molecular weight excluding hydrogens is 321 g/mol. The number of thioether (sulfide) groups is 2. The van der Waals surface area contributed by atoms with Crippen molar-refractivity contribution in [2.75, 3.05) is 23.8 Å². The Morgan fingerprint density at radius 3 is 2.89 bits per heavy atom. The van der Waals surface area contributed by atoms with Crippen LogP contribution < -0.4 is 5.32 Å². The second-order valence-electron chi connectivity index (χ2n) is 4.21. The Balaban J connectivity index is 1.78. The van der Waals surface area contributed by atoms with Crippen molar-refractivity contribution >= 4 is 52.6 Å². The number of hydrogen-bond donors (Lipinski definition) is 1. The molecule has 1 unspecified atom stereocenters. The smallest absolute Gasteiger partial charge is 0.233 e. The molecule has 1 atom stereocenters. The molecule has 1 N–H and O–H groups in total. The molecule has 0 radical (unpaired) electrons. The Kier molecular flexibility index (Phi) is 6.20. The molecule has 0 bridgehead atoms. The van der Waals surface area contributed by atoms with E-state index in [-0.39, 0.29) is 11.2 Å². The van der Waals surface area contributed by atoms with E-state index < -0.39 is 0 Å². The Bertz CT molecular complexity index is 450. The number of nitrogens with one attached hydrogen (secondary N) is 1. The van der Waals surface area contributed by atoms with Gasteiger partial charge in [-0.3, -0.25) is 4.79 Å². The summed E-state index contributed by atoms with van der Waals surface area (Å²) in [5.41, 5.74) is 1.01. The van der Waals surface area contributed by atoms with Gasteiger partial charge >= 0.3 is 0 Å². The lowest BCUT2D eigenvalue weighted by molar-refractivity contribution is -0.120. The van der Waals surface area contributed by atoms with Crippen LogP contribution in [0, 0.1) is 0 Å². The zero-order chi connectivity index (χ0) is 13.7. The number of benzene rings is 1. The number of carbonyl (C=O) groups is 1. The van der Waals surface area contributed by atoms with Gasteiger partial charge in [0.2, 0.25) is 5.91 Å². The minimum atomic E-state index is 0.0967. The SMILES string of the molecule is O=C(NCCc1ccc(Cl)cc1Cl)C1CSCCS1. The van der Waals surface area contributed by atoms with Crippen LogP contribution in [0.5, 0.6) is 0 Å². The topological polar surface area (TPSA) is 29.1 Å².